The summed E-state index contributed by atoms with van der Waals surface area (Å²) in [5.74, 6) is -0.138. The molecule has 0 amide bonds. The summed E-state index contributed by atoms with van der Waals surface area (Å²) in [7, 11) is 0. The largest absolute Gasteiger partial charge is 0.349 e. The van der Waals surface area contributed by atoms with Crippen molar-refractivity contribution in [2.45, 2.75) is 20.0 Å². The molecule has 1 aliphatic heterocycles. The standard InChI is InChI=1S/C14H12N2O3S/c1-9(17)13-6-12(16(18)19)14(20-13)15-7-10-4-2-3-5-11(10)8-15/h2-6H,7-8H2,1H3. The average molecular weight is 288 g/mol. The third-order valence-corrected chi connectivity index (χ3v) is 4.65. The zero-order valence-corrected chi connectivity index (χ0v) is 11.6. The number of nitrogens with zero attached hydrogens (tertiary/aromatic N) is 2. The fourth-order valence-corrected chi connectivity index (χ4v) is 3.40. The van der Waals surface area contributed by atoms with E-state index in [-0.39, 0.29) is 11.5 Å². The quantitative estimate of drug-likeness (QED) is 0.493. The number of Topliss-reactive ketones (excluding diaryl/α,β-unsaturated/α-hetero) is 1. The van der Waals surface area contributed by atoms with Crippen LogP contribution in [0.25, 0.3) is 0 Å². The fourth-order valence-electron chi connectivity index (χ4n) is 2.38. The molecule has 0 saturated carbocycles. The first-order valence-electron chi connectivity index (χ1n) is 6.17. The number of fused-ring (bicyclic) bond motifs is 1. The second-order valence-corrected chi connectivity index (χ2v) is 5.77. The Labute approximate surface area is 119 Å². The molecule has 1 aromatic heterocycles. The van der Waals surface area contributed by atoms with Gasteiger partial charge in [0.2, 0.25) is 0 Å². The van der Waals surface area contributed by atoms with Gasteiger partial charge in [0.05, 0.1) is 9.80 Å². The van der Waals surface area contributed by atoms with Crippen molar-refractivity contribution in [3.63, 3.8) is 0 Å². The molecule has 2 heterocycles. The van der Waals surface area contributed by atoms with E-state index >= 15 is 0 Å². The summed E-state index contributed by atoms with van der Waals surface area (Å²) >= 11 is 1.20. The van der Waals surface area contributed by atoms with Gasteiger partial charge >= 0.3 is 5.69 Å². The van der Waals surface area contributed by atoms with Gasteiger partial charge in [-0.2, -0.15) is 0 Å². The molecule has 0 N–H and O–H groups in total. The van der Waals surface area contributed by atoms with Crippen molar-refractivity contribution >= 4 is 27.8 Å². The van der Waals surface area contributed by atoms with Gasteiger partial charge in [0, 0.05) is 19.2 Å². The number of rotatable bonds is 3. The third-order valence-electron chi connectivity index (χ3n) is 3.37. The van der Waals surface area contributed by atoms with Gasteiger partial charge in [-0.15, -0.1) is 11.3 Å². The molecule has 0 spiro atoms. The topological polar surface area (TPSA) is 63.4 Å². The van der Waals surface area contributed by atoms with Crippen molar-refractivity contribution in [2.24, 2.45) is 0 Å². The van der Waals surface area contributed by atoms with Crippen LogP contribution in [0.5, 0.6) is 0 Å². The highest BCUT2D eigenvalue weighted by Crippen LogP contribution is 2.41. The summed E-state index contributed by atoms with van der Waals surface area (Å²) in [4.78, 5) is 24.6. The summed E-state index contributed by atoms with van der Waals surface area (Å²) in [6, 6.07) is 9.37. The lowest BCUT2D eigenvalue weighted by Crippen LogP contribution is -2.14. The Morgan fingerprint density at radius 2 is 1.90 bits per heavy atom. The molecule has 0 fully saturated rings. The summed E-state index contributed by atoms with van der Waals surface area (Å²) in [6.45, 7) is 2.72. The van der Waals surface area contributed by atoms with Crippen LogP contribution in [0.1, 0.15) is 27.7 Å². The van der Waals surface area contributed by atoms with Crippen LogP contribution in [0.2, 0.25) is 0 Å². The number of anilines is 1. The van der Waals surface area contributed by atoms with E-state index in [9.17, 15) is 14.9 Å². The Kier molecular flexibility index (Phi) is 3.02. The van der Waals surface area contributed by atoms with Crippen LogP contribution in [0.3, 0.4) is 0 Å². The molecule has 20 heavy (non-hydrogen) atoms. The van der Waals surface area contributed by atoms with E-state index < -0.39 is 4.92 Å². The van der Waals surface area contributed by atoms with E-state index in [0.29, 0.717) is 23.0 Å². The molecule has 102 valence electrons. The van der Waals surface area contributed by atoms with E-state index in [0.717, 1.165) is 0 Å². The predicted octanol–water partition coefficient (Wildman–Crippen LogP) is 3.38. The SMILES string of the molecule is CC(=O)c1cc([N+](=O)[O-])c(N2Cc3ccccc3C2)s1. The third kappa shape index (κ3) is 2.08. The summed E-state index contributed by atoms with van der Waals surface area (Å²) in [5.41, 5.74) is 2.38. The van der Waals surface area contributed by atoms with Gasteiger partial charge in [-0.25, -0.2) is 0 Å². The van der Waals surface area contributed by atoms with Gasteiger partial charge < -0.3 is 4.90 Å². The maximum absolute atomic E-state index is 11.4. The number of thiophene rings is 1. The molecule has 1 aromatic carbocycles. The highest BCUT2D eigenvalue weighted by molar-refractivity contribution is 7.18. The lowest BCUT2D eigenvalue weighted by atomic mass is 10.1. The summed E-state index contributed by atoms with van der Waals surface area (Å²) in [6.07, 6.45) is 0. The van der Waals surface area contributed by atoms with E-state index in [1.807, 2.05) is 29.2 Å². The Bertz CT molecular complexity index is 683. The van der Waals surface area contributed by atoms with Crippen molar-refractivity contribution < 1.29 is 9.72 Å². The molecule has 0 unspecified atom stereocenters. The lowest BCUT2D eigenvalue weighted by Gasteiger charge is -2.14. The molecule has 1 aliphatic rings. The number of carbonyl (C=O) groups excluding carboxylic acids is 1. The average Bonchev–Trinajstić information content (AvgIpc) is 3.02. The van der Waals surface area contributed by atoms with Crippen molar-refractivity contribution in [3.05, 3.63) is 56.5 Å². The number of ketones is 1. The second-order valence-electron chi connectivity index (χ2n) is 4.74. The minimum absolute atomic E-state index is 0.0213. The molecule has 0 saturated heterocycles. The molecule has 3 rings (SSSR count). The van der Waals surface area contributed by atoms with Gasteiger partial charge in [0.15, 0.2) is 10.8 Å². The molecule has 0 aliphatic carbocycles. The van der Waals surface area contributed by atoms with Crippen molar-refractivity contribution in [3.8, 4) is 0 Å². The monoisotopic (exact) mass is 288 g/mol. The lowest BCUT2D eigenvalue weighted by molar-refractivity contribution is -0.383. The van der Waals surface area contributed by atoms with Gasteiger partial charge in [-0.1, -0.05) is 24.3 Å². The highest BCUT2D eigenvalue weighted by Gasteiger charge is 2.29. The van der Waals surface area contributed by atoms with E-state index in [1.165, 1.54) is 35.5 Å². The molecule has 0 bridgehead atoms. The number of benzene rings is 1. The van der Waals surface area contributed by atoms with E-state index in [1.54, 1.807) is 0 Å². The minimum atomic E-state index is -0.415. The Hall–Kier alpha value is -2.21. The van der Waals surface area contributed by atoms with Crippen LogP contribution in [0.15, 0.2) is 30.3 Å². The van der Waals surface area contributed by atoms with Crippen LogP contribution < -0.4 is 4.90 Å². The number of nitro groups is 1. The Morgan fingerprint density at radius 3 is 2.40 bits per heavy atom. The van der Waals surface area contributed by atoms with Crippen molar-refractivity contribution in [1.29, 1.82) is 0 Å². The Morgan fingerprint density at radius 1 is 1.30 bits per heavy atom. The predicted molar refractivity (Wildman–Crippen MR) is 77.3 cm³/mol. The summed E-state index contributed by atoms with van der Waals surface area (Å²) in [5, 5.41) is 11.7. The number of hydrogen-bond donors (Lipinski definition) is 0. The smallest absolute Gasteiger partial charge is 0.304 e. The first-order valence-corrected chi connectivity index (χ1v) is 6.99. The van der Waals surface area contributed by atoms with Gasteiger partial charge in [-0.3, -0.25) is 14.9 Å². The summed E-state index contributed by atoms with van der Waals surface area (Å²) < 4.78 is 0. The second kappa shape index (κ2) is 4.72. The molecular weight excluding hydrogens is 276 g/mol. The van der Waals surface area contributed by atoms with Crippen LogP contribution in [0, 0.1) is 10.1 Å². The highest BCUT2D eigenvalue weighted by atomic mass is 32.1. The van der Waals surface area contributed by atoms with Crippen LogP contribution in [0.4, 0.5) is 10.7 Å². The Balaban J connectivity index is 1.99. The van der Waals surface area contributed by atoms with Crippen molar-refractivity contribution in [1.82, 2.24) is 0 Å². The molecule has 5 nitrogen and oxygen atoms in total. The minimum Gasteiger partial charge on any atom is -0.349 e. The maximum atomic E-state index is 11.4. The zero-order valence-electron chi connectivity index (χ0n) is 10.8. The first kappa shape index (κ1) is 12.8. The maximum Gasteiger partial charge on any atom is 0.304 e. The van der Waals surface area contributed by atoms with Crippen LogP contribution >= 0.6 is 11.3 Å². The van der Waals surface area contributed by atoms with Crippen LogP contribution in [-0.2, 0) is 13.1 Å². The molecule has 0 radical (unpaired) electrons. The number of carbonyl (C=O) groups is 1. The zero-order chi connectivity index (χ0) is 14.3. The normalized spacial score (nSPS) is 13.3. The van der Waals surface area contributed by atoms with E-state index in [2.05, 4.69) is 0 Å². The van der Waals surface area contributed by atoms with Gasteiger partial charge in [-0.05, 0) is 18.1 Å². The molecule has 6 heteroatoms. The fraction of sp³-hybridized carbons (Fsp3) is 0.214. The molecular formula is C14H12N2O3S. The van der Waals surface area contributed by atoms with Gasteiger partial charge in [0.1, 0.15) is 0 Å². The number of hydrogen-bond acceptors (Lipinski definition) is 5. The molecule has 2 aromatic rings. The first-order chi connectivity index (χ1) is 9.56. The van der Waals surface area contributed by atoms with Crippen LogP contribution in [-0.4, -0.2) is 10.7 Å². The van der Waals surface area contributed by atoms with Crippen molar-refractivity contribution in [2.75, 3.05) is 4.90 Å². The molecule has 0 atom stereocenters. The van der Waals surface area contributed by atoms with Gasteiger partial charge in [0.25, 0.3) is 0 Å². The van der Waals surface area contributed by atoms with E-state index in [4.69, 9.17) is 0 Å².